The maximum absolute atomic E-state index is 12.3. The van der Waals surface area contributed by atoms with E-state index in [9.17, 15) is 8.42 Å². The lowest BCUT2D eigenvalue weighted by atomic mass is 10.2. The molecule has 8 heteroatoms. The number of anilines is 2. The normalized spacial score (nSPS) is 11.7. The Bertz CT molecular complexity index is 769. The van der Waals surface area contributed by atoms with Gasteiger partial charge in [-0.25, -0.2) is 12.7 Å². The van der Waals surface area contributed by atoms with Crippen molar-refractivity contribution in [1.82, 2.24) is 9.46 Å². The van der Waals surface area contributed by atoms with E-state index in [0.717, 1.165) is 23.7 Å². The molecule has 126 valence electrons. The van der Waals surface area contributed by atoms with Crippen LogP contribution < -0.4 is 10.6 Å². The van der Waals surface area contributed by atoms with Crippen LogP contribution in [0.1, 0.15) is 18.4 Å². The number of aryl methyl sites for hydroxylation is 1. The first-order valence-corrected chi connectivity index (χ1v) is 8.75. The van der Waals surface area contributed by atoms with Crippen LogP contribution in [0.15, 0.2) is 33.7 Å². The van der Waals surface area contributed by atoms with Gasteiger partial charge in [-0.2, -0.15) is 0 Å². The van der Waals surface area contributed by atoms with Crippen LogP contribution in [0.2, 0.25) is 0 Å². The molecule has 0 fully saturated rings. The number of nitrogens with one attached hydrogen (secondary N) is 2. The van der Waals surface area contributed by atoms with Gasteiger partial charge in [-0.3, -0.25) is 0 Å². The van der Waals surface area contributed by atoms with E-state index >= 15 is 0 Å². The number of rotatable bonds is 7. The molecule has 2 aromatic rings. The van der Waals surface area contributed by atoms with Gasteiger partial charge in [-0.15, -0.1) is 0 Å². The van der Waals surface area contributed by atoms with Crippen molar-refractivity contribution in [3.8, 4) is 0 Å². The molecule has 0 aliphatic rings. The molecule has 0 unspecified atom stereocenters. The molecule has 1 heterocycles. The highest BCUT2D eigenvalue weighted by atomic mass is 32.2. The van der Waals surface area contributed by atoms with E-state index in [1.807, 2.05) is 19.9 Å². The molecule has 1 aromatic heterocycles. The second-order valence-corrected chi connectivity index (χ2v) is 7.46. The molecule has 0 aliphatic carbocycles. The van der Waals surface area contributed by atoms with Gasteiger partial charge in [0, 0.05) is 26.7 Å². The number of benzene rings is 1. The van der Waals surface area contributed by atoms with Crippen LogP contribution in [0.3, 0.4) is 0 Å². The zero-order valence-corrected chi connectivity index (χ0v) is 14.6. The molecule has 0 bridgehead atoms. The summed E-state index contributed by atoms with van der Waals surface area (Å²) in [5.74, 6) is 0.734. The van der Waals surface area contributed by atoms with Gasteiger partial charge in [-0.05, 0) is 32.0 Å². The fourth-order valence-corrected chi connectivity index (χ4v) is 3.00. The van der Waals surface area contributed by atoms with Crippen molar-refractivity contribution in [2.24, 2.45) is 0 Å². The van der Waals surface area contributed by atoms with Gasteiger partial charge in [0.2, 0.25) is 10.0 Å². The molecule has 7 nitrogen and oxygen atoms in total. The molecule has 0 spiro atoms. The number of aromatic nitrogens is 1. The maximum atomic E-state index is 12.3. The average molecular weight is 338 g/mol. The van der Waals surface area contributed by atoms with Gasteiger partial charge < -0.3 is 15.2 Å². The molecule has 0 saturated carbocycles. The monoisotopic (exact) mass is 338 g/mol. The van der Waals surface area contributed by atoms with Crippen molar-refractivity contribution in [3.63, 3.8) is 0 Å². The smallest absolute Gasteiger partial charge is 0.242 e. The third-order valence-corrected chi connectivity index (χ3v) is 5.08. The highest BCUT2D eigenvalue weighted by molar-refractivity contribution is 7.89. The molecule has 23 heavy (non-hydrogen) atoms. The summed E-state index contributed by atoms with van der Waals surface area (Å²) in [5, 5.41) is 10.3. The van der Waals surface area contributed by atoms with Crippen LogP contribution in [0.4, 0.5) is 11.4 Å². The van der Waals surface area contributed by atoms with Crippen molar-refractivity contribution in [2.45, 2.75) is 25.3 Å². The first-order valence-electron chi connectivity index (χ1n) is 7.31. The minimum Gasteiger partial charge on any atom is -0.384 e. The Labute approximate surface area is 136 Å². The van der Waals surface area contributed by atoms with E-state index in [1.165, 1.54) is 18.4 Å². The predicted octanol–water partition coefficient (Wildman–Crippen LogP) is 2.28. The molecule has 1 aromatic carbocycles. The van der Waals surface area contributed by atoms with Crippen molar-refractivity contribution in [2.75, 3.05) is 31.3 Å². The highest BCUT2D eigenvalue weighted by Gasteiger charge is 2.18. The largest absolute Gasteiger partial charge is 0.384 e. The van der Waals surface area contributed by atoms with Crippen molar-refractivity contribution < 1.29 is 12.9 Å². The summed E-state index contributed by atoms with van der Waals surface area (Å²) < 4.78 is 30.8. The van der Waals surface area contributed by atoms with E-state index < -0.39 is 10.0 Å². The van der Waals surface area contributed by atoms with Gasteiger partial charge in [-0.1, -0.05) is 5.16 Å². The van der Waals surface area contributed by atoms with Gasteiger partial charge in [0.15, 0.2) is 0 Å². The summed E-state index contributed by atoms with van der Waals surface area (Å²) in [4.78, 5) is 0.239. The Morgan fingerprint density at radius 3 is 2.48 bits per heavy atom. The molecule has 2 N–H and O–H groups in total. The summed E-state index contributed by atoms with van der Waals surface area (Å²) in [6.07, 6.45) is 0. The number of nitrogens with zero attached hydrogens (tertiary/aromatic N) is 2. The first-order chi connectivity index (χ1) is 10.8. The Morgan fingerprint density at radius 2 is 1.91 bits per heavy atom. The number of sulfonamides is 1. The summed E-state index contributed by atoms with van der Waals surface area (Å²) in [7, 11) is -0.453. The van der Waals surface area contributed by atoms with Crippen LogP contribution in [0, 0.1) is 6.92 Å². The third-order valence-electron chi connectivity index (χ3n) is 3.27. The molecular weight excluding hydrogens is 316 g/mol. The topological polar surface area (TPSA) is 87.5 Å². The fourth-order valence-electron chi connectivity index (χ4n) is 2.07. The molecule has 0 saturated heterocycles. The molecule has 0 atom stereocenters. The van der Waals surface area contributed by atoms with E-state index in [-0.39, 0.29) is 4.90 Å². The first kappa shape index (κ1) is 17.3. The van der Waals surface area contributed by atoms with Crippen LogP contribution in [-0.4, -0.2) is 38.5 Å². The number of hydrogen-bond acceptors (Lipinski definition) is 6. The highest BCUT2D eigenvalue weighted by Crippen LogP contribution is 2.27. The number of hydrogen-bond donors (Lipinski definition) is 2. The lowest BCUT2D eigenvalue weighted by Crippen LogP contribution is -2.22. The second-order valence-electron chi connectivity index (χ2n) is 5.31. The SMILES string of the molecule is CCNc1ccc(S(=O)(=O)N(C)C)cc1NCc1cc(C)on1. The predicted molar refractivity (Wildman–Crippen MR) is 90.0 cm³/mol. The molecule has 0 aliphatic heterocycles. The molecule has 0 radical (unpaired) electrons. The van der Waals surface area contributed by atoms with Gasteiger partial charge in [0.05, 0.1) is 22.8 Å². The Morgan fingerprint density at radius 1 is 1.17 bits per heavy atom. The van der Waals surface area contributed by atoms with Crippen molar-refractivity contribution in [3.05, 3.63) is 35.7 Å². The lowest BCUT2D eigenvalue weighted by molar-refractivity contribution is 0.391. The van der Waals surface area contributed by atoms with Gasteiger partial charge >= 0.3 is 0 Å². The average Bonchev–Trinajstić information content (AvgIpc) is 2.91. The zero-order valence-electron chi connectivity index (χ0n) is 13.8. The van der Waals surface area contributed by atoms with Crippen LogP contribution in [0.25, 0.3) is 0 Å². The van der Waals surface area contributed by atoms with E-state index in [4.69, 9.17) is 4.52 Å². The Balaban J connectivity index is 2.30. The quantitative estimate of drug-likeness (QED) is 0.805. The van der Waals surface area contributed by atoms with E-state index in [2.05, 4.69) is 15.8 Å². The lowest BCUT2D eigenvalue weighted by Gasteiger charge is -2.16. The maximum Gasteiger partial charge on any atom is 0.242 e. The van der Waals surface area contributed by atoms with Crippen molar-refractivity contribution >= 4 is 21.4 Å². The van der Waals surface area contributed by atoms with Gasteiger partial charge in [0.1, 0.15) is 11.5 Å². The molecular formula is C15H22N4O3S. The third kappa shape index (κ3) is 4.02. The summed E-state index contributed by atoms with van der Waals surface area (Å²) >= 11 is 0. The Hall–Kier alpha value is -2.06. The van der Waals surface area contributed by atoms with E-state index in [1.54, 1.807) is 18.2 Å². The zero-order chi connectivity index (χ0) is 17.0. The molecule has 0 amide bonds. The minimum atomic E-state index is -3.48. The summed E-state index contributed by atoms with van der Waals surface area (Å²) in [6.45, 7) is 4.98. The van der Waals surface area contributed by atoms with Crippen molar-refractivity contribution in [1.29, 1.82) is 0 Å². The van der Waals surface area contributed by atoms with Crippen LogP contribution in [0.5, 0.6) is 0 Å². The minimum absolute atomic E-state index is 0.239. The summed E-state index contributed by atoms with van der Waals surface area (Å²) in [5.41, 5.74) is 2.30. The van der Waals surface area contributed by atoms with Gasteiger partial charge in [0.25, 0.3) is 0 Å². The standard InChI is InChI=1S/C15H22N4O3S/c1-5-16-14-7-6-13(23(20,21)19(3)4)9-15(14)17-10-12-8-11(2)22-18-12/h6-9,16-17H,5,10H2,1-4H3. The van der Waals surface area contributed by atoms with Crippen LogP contribution in [-0.2, 0) is 16.6 Å². The Kier molecular flexibility index (Phi) is 5.27. The van der Waals surface area contributed by atoms with E-state index in [0.29, 0.717) is 12.2 Å². The van der Waals surface area contributed by atoms with Crippen LogP contribution >= 0.6 is 0 Å². The second kappa shape index (κ2) is 7.01. The molecule has 2 rings (SSSR count). The fraction of sp³-hybridized carbons (Fsp3) is 0.400. The summed E-state index contributed by atoms with van der Waals surface area (Å²) in [6, 6.07) is 6.82.